The second-order valence-electron chi connectivity index (χ2n) is 6.73. The summed E-state index contributed by atoms with van der Waals surface area (Å²) in [6.07, 6.45) is 2.79. The first-order valence-corrected chi connectivity index (χ1v) is 8.51. The minimum Gasteiger partial charge on any atom is -0.481 e. The molecule has 126 valence electrons. The predicted molar refractivity (Wildman–Crippen MR) is 90.4 cm³/mol. The van der Waals surface area contributed by atoms with Gasteiger partial charge in [-0.1, -0.05) is 36.8 Å². The van der Waals surface area contributed by atoms with E-state index in [1.54, 1.807) is 4.90 Å². The van der Waals surface area contributed by atoms with Gasteiger partial charge in [-0.2, -0.15) is 0 Å². The summed E-state index contributed by atoms with van der Waals surface area (Å²) < 4.78 is 0. The molecule has 0 aromatic heterocycles. The van der Waals surface area contributed by atoms with Crippen molar-refractivity contribution in [2.45, 2.75) is 58.4 Å². The summed E-state index contributed by atoms with van der Waals surface area (Å²) in [5.41, 5.74) is 2.40. The zero-order chi connectivity index (χ0) is 17.0. The molecule has 3 atom stereocenters. The number of carbonyl (C=O) groups is 2. The smallest absolute Gasteiger partial charge is 0.308 e. The molecule has 4 heteroatoms. The lowest BCUT2D eigenvalue weighted by molar-refractivity contribution is -0.147. The van der Waals surface area contributed by atoms with Gasteiger partial charge in [0.1, 0.15) is 0 Å². The molecule has 1 aliphatic heterocycles. The number of aliphatic carboxylic acids is 1. The second-order valence-corrected chi connectivity index (χ2v) is 6.73. The Balaban J connectivity index is 2.06. The standard InChI is InChI=1S/C19H27NO3/c1-4-15(16-8-5-13(2)6-9-16)11-18(21)20-12-17(19(22)23)10-7-14(20)3/h5-6,8-9,14-15,17H,4,7,10-12H2,1-3H3,(H,22,23). The van der Waals surface area contributed by atoms with Crippen LogP contribution in [0.3, 0.4) is 0 Å². The van der Waals surface area contributed by atoms with E-state index in [1.807, 2.05) is 6.92 Å². The van der Waals surface area contributed by atoms with Crippen LogP contribution in [0, 0.1) is 12.8 Å². The van der Waals surface area contributed by atoms with Crippen LogP contribution in [-0.2, 0) is 9.59 Å². The Morgan fingerprint density at radius 3 is 2.48 bits per heavy atom. The summed E-state index contributed by atoms with van der Waals surface area (Å²) in [7, 11) is 0. The average molecular weight is 317 g/mol. The lowest BCUT2D eigenvalue weighted by atomic mass is 9.89. The van der Waals surface area contributed by atoms with Gasteiger partial charge in [-0.15, -0.1) is 0 Å². The molecule has 1 fully saturated rings. The van der Waals surface area contributed by atoms with Gasteiger partial charge in [0.15, 0.2) is 0 Å². The number of rotatable bonds is 5. The average Bonchev–Trinajstić information content (AvgIpc) is 2.53. The molecule has 23 heavy (non-hydrogen) atoms. The monoisotopic (exact) mass is 317 g/mol. The van der Waals surface area contributed by atoms with Gasteiger partial charge in [-0.3, -0.25) is 9.59 Å². The van der Waals surface area contributed by atoms with Gasteiger partial charge in [-0.25, -0.2) is 0 Å². The molecule has 0 spiro atoms. The molecule has 3 unspecified atom stereocenters. The SMILES string of the molecule is CCC(CC(=O)N1CC(C(=O)O)CCC1C)c1ccc(C)cc1. The highest BCUT2D eigenvalue weighted by molar-refractivity contribution is 5.79. The maximum atomic E-state index is 12.7. The molecule has 0 radical (unpaired) electrons. The van der Waals surface area contributed by atoms with E-state index in [4.69, 9.17) is 0 Å². The molecular formula is C19H27NO3. The third-order valence-electron chi connectivity index (χ3n) is 5.01. The normalized spacial score (nSPS) is 22.7. The van der Waals surface area contributed by atoms with E-state index in [-0.39, 0.29) is 17.9 Å². The molecule has 2 rings (SSSR count). The number of hydrogen-bond donors (Lipinski definition) is 1. The number of aryl methyl sites for hydroxylation is 1. The summed E-state index contributed by atoms with van der Waals surface area (Å²) in [5, 5.41) is 9.22. The fourth-order valence-electron chi connectivity index (χ4n) is 3.32. The van der Waals surface area contributed by atoms with Gasteiger partial charge in [0.25, 0.3) is 0 Å². The molecule has 1 aromatic carbocycles. The lowest BCUT2D eigenvalue weighted by Crippen LogP contribution is -2.47. The quantitative estimate of drug-likeness (QED) is 0.903. The highest BCUT2D eigenvalue weighted by atomic mass is 16.4. The van der Waals surface area contributed by atoms with Crippen molar-refractivity contribution in [3.05, 3.63) is 35.4 Å². The molecule has 0 aliphatic carbocycles. The molecule has 4 nitrogen and oxygen atoms in total. The molecule has 1 aliphatic rings. The molecule has 1 N–H and O–H groups in total. The van der Waals surface area contributed by atoms with E-state index in [1.165, 1.54) is 11.1 Å². The van der Waals surface area contributed by atoms with Gasteiger partial charge >= 0.3 is 5.97 Å². The van der Waals surface area contributed by atoms with Crippen LogP contribution in [0.1, 0.15) is 56.6 Å². The first kappa shape index (κ1) is 17.5. The van der Waals surface area contributed by atoms with E-state index < -0.39 is 11.9 Å². The fourth-order valence-corrected chi connectivity index (χ4v) is 3.32. The highest BCUT2D eigenvalue weighted by Crippen LogP contribution is 2.28. The summed E-state index contributed by atoms with van der Waals surface area (Å²) >= 11 is 0. The Morgan fingerprint density at radius 2 is 1.91 bits per heavy atom. The first-order chi connectivity index (χ1) is 10.9. The Labute approximate surface area is 138 Å². The third-order valence-corrected chi connectivity index (χ3v) is 5.01. The fraction of sp³-hybridized carbons (Fsp3) is 0.579. The largest absolute Gasteiger partial charge is 0.481 e. The number of benzene rings is 1. The minimum atomic E-state index is -0.791. The first-order valence-electron chi connectivity index (χ1n) is 8.51. The van der Waals surface area contributed by atoms with Crippen molar-refractivity contribution in [3.8, 4) is 0 Å². The van der Waals surface area contributed by atoms with Gasteiger partial charge in [0.05, 0.1) is 5.92 Å². The minimum absolute atomic E-state index is 0.0795. The number of hydrogen-bond acceptors (Lipinski definition) is 2. The number of carboxylic acids is 1. The predicted octanol–water partition coefficient (Wildman–Crippen LogP) is 3.59. The maximum absolute atomic E-state index is 12.7. The van der Waals surface area contributed by atoms with E-state index in [0.29, 0.717) is 19.4 Å². The Bertz CT molecular complexity index is 552. The zero-order valence-corrected chi connectivity index (χ0v) is 14.3. The number of likely N-dealkylation sites (tertiary alicyclic amines) is 1. The van der Waals surface area contributed by atoms with Gasteiger partial charge in [0, 0.05) is 19.0 Å². The van der Waals surface area contributed by atoms with Crippen LogP contribution in [0.15, 0.2) is 24.3 Å². The molecule has 1 aromatic rings. The van der Waals surface area contributed by atoms with E-state index >= 15 is 0 Å². The van der Waals surface area contributed by atoms with Crippen LogP contribution in [0.4, 0.5) is 0 Å². The van der Waals surface area contributed by atoms with Crippen molar-refractivity contribution in [1.82, 2.24) is 4.90 Å². The zero-order valence-electron chi connectivity index (χ0n) is 14.3. The van der Waals surface area contributed by atoms with Crippen molar-refractivity contribution in [2.75, 3.05) is 6.54 Å². The molecule has 1 heterocycles. The van der Waals surface area contributed by atoms with E-state index in [9.17, 15) is 14.7 Å². The molecular weight excluding hydrogens is 290 g/mol. The molecule has 0 bridgehead atoms. The Morgan fingerprint density at radius 1 is 1.26 bits per heavy atom. The summed E-state index contributed by atoms with van der Waals surface area (Å²) in [6.45, 7) is 6.51. The van der Waals surface area contributed by atoms with Crippen LogP contribution in [0.5, 0.6) is 0 Å². The second kappa shape index (κ2) is 7.62. The van der Waals surface area contributed by atoms with Gasteiger partial charge in [-0.05, 0) is 44.6 Å². The van der Waals surface area contributed by atoms with Gasteiger partial charge in [0.2, 0.25) is 5.91 Å². The Kier molecular flexibility index (Phi) is 5.80. The van der Waals surface area contributed by atoms with Crippen molar-refractivity contribution in [1.29, 1.82) is 0 Å². The maximum Gasteiger partial charge on any atom is 0.308 e. The summed E-state index contributed by atoms with van der Waals surface area (Å²) in [4.78, 5) is 25.7. The molecule has 1 amide bonds. The molecule has 0 saturated carbocycles. The summed E-state index contributed by atoms with van der Waals surface area (Å²) in [6, 6.07) is 8.47. The third kappa shape index (κ3) is 4.34. The lowest BCUT2D eigenvalue weighted by Gasteiger charge is -2.37. The highest BCUT2D eigenvalue weighted by Gasteiger charge is 2.33. The van der Waals surface area contributed by atoms with Crippen LogP contribution < -0.4 is 0 Å². The van der Waals surface area contributed by atoms with Crippen LogP contribution >= 0.6 is 0 Å². The number of carbonyl (C=O) groups excluding carboxylic acids is 1. The topological polar surface area (TPSA) is 57.6 Å². The number of amides is 1. The number of piperidine rings is 1. The van der Waals surface area contributed by atoms with Crippen molar-refractivity contribution in [3.63, 3.8) is 0 Å². The Hall–Kier alpha value is -1.84. The van der Waals surface area contributed by atoms with Crippen LogP contribution in [0.2, 0.25) is 0 Å². The number of nitrogens with zero attached hydrogens (tertiary/aromatic N) is 1. The van der Waals surface area contributed by atoms with Crippen molar-refractivity contribution in [2.24, 2.45) is 5.92 Å². The van der Waals surface area contributed by atoms with Crippen molar-refractivity contribution >= 4 is 11.9 Å². The number of carboxylic acid groups (broad SMARTS) is 1. The van der Waals surface area contributed by atoms with E-state index in [2.05, 4.69) is 38.1 Å². The van der Waals surface area contributed by atoms with Gasteiger partial charge < -0.3 is 10.0 Å². The van der Waals surface area contributed by atoms with E-state index in [0.717, 1.165) is 12.8 Å². The van der Waals surface area contributed by atoms with Crippen LogP contribution in [-0.4, -0.2) is 34.5 Å². The molecule has 1 saturated heterocycles. The summed E-state index contributed by atoms with van der Waals surface area (Å²) in [5.74, 6) is -0.939. The van der Waals surface area contributed by atoms with Crippen LogP contribution in [0.25, 0.3) is 0 Å². The van der Waals surface area contributed by atoms with Crippen molar-refractivity contribution < 1.29 is 14.7 Å².